The second kappa shape index (κ2) is 10.9. The predicted octanol–water partition coefficient (Wildman–Crippen LogP) is 2.50. The number of carbonyl (C=O) groups excluding carboxylic acids is 4. The van der Waals surface area contributed by atoms with Crippen LogP contribution in [0.2, 0.25) is 0 Å². The second-order valence-electron chi connectivity index (χ2n) is 12.9. The van der Waals surface area contributed by atoms with Crippen LogP contribution in [0.5, 0.6) is 0 Å². The van der Waals surface area contributed by atoms with E-state index in [0.29, 0.717) is 6.42 Å². The Bertz CT molecular complexity index is 1240. The summed E-state index contributed by atoms with van der Waals surface area (Å²) in [6, 6.07) is 0. The van der Waals surface area contributed by atoms with Crippen LogP contribution >= 0.6 is 0 Å². The molecule has 2 aliphatic carbocycles. The molecule has 1 saturated carbocycles. The topological polar surface area (TPSA) is 156 Å². The second-order valence-corrected chi connectivity index (χ2v) is 12.9. The molecule has 0 aromatic carbocycles. The van der Waals surface area contributed by atoms with Gasteiger partial charge in [0.2, 0.25) is 11.9 Å². The van der Waals surface area contributed by atoms with E-state index in [-0.39, 0.29) is 38.1 Å². The van der Waals surface area contributed by atoms with E-state index in [0.717, 1.165) is 5.57 Å². The Labute approximate surface area is 251 Å². The van der Waals surface area contributed by atoms with Gasteiger partial charge in [-0.25, -0.2) is 4.79 Å². The van der Waals surface area contributed by atoms with E-state index in [2.05, 4.69) is 0 Å². The van der Waals surface area contributed by atoms with Gasteiger partial charge in [0.25, 0.3) is 0 Å². The first-order valence-electron chi connectivity index (χ1n) is 14.8. The van der Waals surface area contributed by atoms with Crippen molar-refractivity contribution in [3.63, 3.8) is 0 Å². The maximum atomic E-state index is 13.6. The maximum absolute atomic E-state index is 13.6. The molecule has 0 bridgehead atoms. The first-order valence-corrected chi connectivity index (χ1v) is 14.8. The van der Waals surface area contributed by atoms with Crippen LogP contribution in [0.4, 0.5) is 0 Å². The number of hydrogen-bond donors (Lipinski definition) is 1. The smallest absolute Gasteiger partial charge is 0.350 e. The van der Waals surface area contributed by atoms with Gasteiger partial charge in [-0.05, 0) is 51.2 Å². The Morgan fingerprint density at radius 3 is 2.35 bits per heavy atom. The van der Waals surface area contributed by atoms with Crippen molar-refractivity contribution in [1.82, 2.24) is 0 Å². The van der Waals surface area contributed by atoms with Gasteiger partial charge in [0.05, 0.1) is 30.5 Å². The molecule has 0 aromatic rings. The molecule has 5 aliphatic rings. The van der Waals surface area contributed by atoms with Gasteiger partial charge in [0, 0.05) is 32.1 Å². The lowest BCUT2D eigenvalue weighted by Gasteiger charge is -2.62. The van der Waals surface area contributed by atoms with Crippen LogP contribution in [0.25, 0.3) is 0 Å². The zero-order valence-corrected chi connectivity index (χ0v) is 25.7. The number of carbonyl (C=O) groups is 4. The first kappa shape index (κ1) is 31.5. The Morgan fingerprint density at radius 2 is 1.79 bits per heavy atom. The summed E-state index contributed by atoms with van der Waals surface area (Å²) in [6.45, 7) is 10.6. The van der Waals surface area contributed by atoms with E-state index in [9.17, 15) is 24.3 Å². The number of fused-ring (bicyclic) bond motifs is 3. The normalized spacial score (nSPS) is 42.0. The Hall–Kier alpha value is -2.96. The molecule has 1 spiro atoms. The largest absolute Gasteiger partial charge is 0.472 e. The van der Waals surface area contributed by atoms with Crippen LogP contribution in [-0.4, -0.2) is 84.1 Å². The Morgan fingerprint density at radius 1 is 1.09 bits per heavy atom. The lowest BCUT2D eigenvalue weighted by molar-refractivity contribution is -0.251. The van der Waals surface area contributed by atoms with Crippen LogP contribution in [0.3, 0.4) is 0 Å². The highest BCUT2D eigenvalue weighted by atomic mass is 16.7. The highest BCUT2D eigenvalue weighted by molar-refractivity contribution is 5.82. The number of esters is 4. The SMILES string of the molecule is CCC(C)(OC(C)=O)C(=O)O[C@H]1C(O)C[C@H]2C(COC(C)=O)(C(OC(C)=O)C=C(C)[C@]2(C)C2C[C@H]3C=CO[C@H]3O2)C12CO2. The average Bonchev–Trinajstić information content (AvgIpc) is 3.40. The molecular formula is C31H42O12. The maximum Gasteiger partial charge on any atom is 0.350 e. The lowest BCUT2D eigenvalue weighted by Crippen LogP contribution is -2.73. The van der Waals surface area contributed by atoms with Crippen LogP contribution in [0.15, 0.2) is 24.0 Å². The molecule has 2 saturated heterocycles. The summed E-state index contributed by atoms with van der Waals surface area (Å²) >= 11 is 0. The highest BCUT2D eigenvalue weighted by Gasteiger charge is 2.81. The molecule has 0 radical (unpaired) electrons. The molecule has 11 atom stereocenters. The van der Waals surface area contributed by atoms with Gasteiger partial charge in [0.1, 0.15) is 18.3 Å². The molecule has 0 amide bonds. The quantitative estimate of drug-likeness (QED) is 0.187. The van der Waals surface area contributed by atoms with Crippen LogP contribution in [0.1, 0.15) is 67.7 Å². The fourth-order valence-electron chi connectivity index (χ4n) is 7.91. The minimum atomic E-state index is -1.61. The van der Waals surface area contributed by atoms with E-state index in [1.54, 1.807) is 13.2 Å². The third kappa shape index (κ3) is 4.85. The van der Waals surface area contributed by atoms with Crippen molar-refractivity contribution in [3.05, 3.63) is 24.0 Å². The van der Waals surface area contributed by atoms with Gasteiger partial charge >= 0.3 is 23.9 Å². The van der Waals surface area contributed by atoms with Crippen molar-refractivity contribution in [3.8, 4) is 0 Å². The monoisotopic (exact) mass is 606 g/mol. The number of rotatable bonds is 8. The van der Waals surface area contributed by atoms with Crippen molar-refractivity contribution >= 4 is 23.9 Å². The minimum Gasteiger partial charge on any atom is -0.472 e. The molecule has 12 heteroatoms. The predicted molar refractivity (Wildman–Crippen MR) is 147 cm³/mol. The van der Waals surface area contributed by atoms with Crippen molar-refractivity contribution < 1.29 is 57.4 Å². The molecule has 0 aromatic heterocycles. The zero-order chi connectivity index (χ0) is 31.5. The van der Waals surface area contributed by atoms with Gasteiger partial charge in [-0.15, -0.1) is 0 Å². The van der Waals surface area contributed by atoms with Crippen molar-refractivity contribution in [2.45, 2.75) is 110 Å². The van der Waals surface area contributed by atoms with E-state index >= 15 is 0 Å². The third-order valence-electron chi connectivity index (χ3n) is 10.5. The summed E-state index contributed by atoms with van der Waals surface area (Å²) in [6.07, 6.45) is 2.04. The summed E-state index contributed by atoms with van der Waals surface area (Å²) in [5, 5.41) is 11.8. The van der Waals surface area contributed by atoms with Gasteiger partial charge in [-0.1, -0.05) is 19.4 Å². The molecule has 12 nitrogen and oxygen atoms in total. The van der Waals surface area contributed by atoms with Crippen molar-refractivity contribution in [2.75, 3.05) is 13.2 Å². The Balaban J connectivity index is 1.63. The summed E-state index contributed by atoms with van der Waals surface area (Å²) < 4.78 is 41.3. The fourth-order valence-corrected chi connectivity index (χ4v) is 7.91. The number of aliphatic hydroxyl groups is 1. The molecule has 5 rings (SSSR count). The molecule has 3 aliphatic heterocycles. The number of aliphatic hydroxyl groups excluding tert-OH is 1. The van der Waals surface area contributed by atoms with Gasteiger partial charge in [0.15, 0.2) is 6.10 Å². The molecule has 6 unspecified atom stereocenters. The summed E-state index contributed by atoms with van der Waals surface area (Å²) in [5.41, 5.74) is -4.19. The standard InChI is InChI=1S/C31H42O12/c1-8-28(6,43-19(5)34)27(36)42-25-21(35)13-22-29(7,23-12-20-9-10-37-26(20)41-23)16(2)11-24(40-18(4)33)30(22,14-38-17(3)32)31(25)15-39-31/h9-11,20-26,35H,8,12-15H2,1-7H3/t20-,21?,22-,23?,24?,25+,26+,28?,29+,30?,31?/m1/s1. The van der Waals surface area contributed by atoms with Crippen molar-refractivity contribution in [1.29, 1.82) is 0 Å². The molecule has 3 fully saturated rings. The third-order valence-corrected chi connectivity index (χ3v) is 10.5. The molecule has 43 heavy (non-hydrogen) atoms. The molecule has 3 heterocycles. The number of hydrogen-bond acceptors (Lipinski definition) is 12. The molecular weight excluding hydrogens is 564 g/mol. The zero-order valence-electron chi connectivity index (χ0n) is 25.7. The Kier molecular flexibility index (Phi) is 7.97. The van der Waals surface area contributed by atoms with Gasteiger partial charge < -0.3 is 38.3 Å². The van der Waals surface area contributed by atoms with Crippen molar-refractivity contribution in [2.24, 2.45) is 22.7 Å². The molecule has 1 N–H and O–H groups in total. The van der Waals surface area contributed by atoms with E-state index in [4.69, 9.17) is 33.2 Å². The van der Waals surface area contributed by atoms with E-state index < -0.39 is 76.4 Å². The number of ether oxygens (including phenoxy) is 7. The summed E-state index contributed by atoms with van der Waals surface area (Å²) in [4.78, 5) is 50.2. The lowest BCUT2D eigenvalue weighted by atomic mass is 9.44. The highest BCUT2D eigenvalue weighted by Crippen LogP contribution is 2.69. The molecule has 238 valence electrons. The summed E-state index contributed by atoms with van der Waals surface area (Å²) in [7, 11) is 0. The van der Waals surface area contributed by atoms with E-state index in [1.165, 1.54) is 27.7 Å². The van der Waals surface area contributed by atoms with Gasteiger partial charge in [-0.3, -0.25) is 14.4 Å². The number of epoxide rings is 1. The van der Waals surface area contributed by atoms with Crippen LogP contribution < -0.4 is 0 Å². The average molecular weight is 607 g/mol. The van der Waals surface area contributed by atoms with Crippen LogP contribution in [0, 0.1) is 22.7 Å². The summed E-state index contributed by atoms with van der Waals surface area (Å²) in [5.74, 6) is -3.11. The van der Waals surface area contributed by atoms with Crippen LogP contribution in [-0.2, 0) is 52.3 Å². The van der Waals surface area contributed by atoms with E-state index in [1.807, 2.05) is 26.0 Å². The fraction of sp³-hybridized carbons (Fsp3) is 0.742. The minimum absolute atomic E-state index is 0.0273. The first-order chi connectivity index (χ1) is 20.1. The van der Waals surface area contributed by atoms with Gasteiger partial charge in [-0.2, -0.15) is 0 Å².